The van der Waals surface area contributed by atoms with E-state index in [9.17, 15) is 10.1 Å². The van der Waals surface area contributed by atoms with Crippen LogP contribution in [0.25, 0.3) is 0 Å². The van der Waals surface area contributed by atoms with E-state index in [2.05, 4.69) is 25.6 Å². The highest BCUT2D eigenvalue weighted by Crippen LogP contribution is 2.34. The van der Waals surface area contributed by atoms with Crippen molar-refractivity contribution in [1.82, 2.24) is 24.7 Å². The van der Waals surface area contributed by atoms with Crippen molar-refractivity contribution in [2.45, 2.75) is 24.0 Å². The summed E-state index contributed by atoms with van der Waals surface area (Å²) in [5.74, 6) is 6.05. The molecule has 0 aliphatic carbocycles. The molecule has 0 aliphatic rings. The van der Waals surface area contributed by atoms with Crippen LogP contribution in [0, 0.1) is 24.0 Å². The number of aromatic nitrogens is 5. The van der Waals surface area contributed by atoms with Gasteiger partial charge in [0.15, 0.2) is 10.2 Å². The zero-order valence-corrected chi connectivity index (χ0v) is 11.8. The smallest absolute Gasteiger partial charge is 0.309 e. The molecule has 0 aromatic carbocycles. The number of hydrazine groups is 1. The molecule has 0 bridgehead atoms. The van der Waals surface area contributed by atoms with Crippen LogP contribution in [0.3, 0.4) is 0 Å². The number of hydrogen-bond donors (Lipinski definition) is 2. The van der Waals surface area contributed by atoms with Crippen LogP contribution in [0.1, 0.15) is 11.5 Å². The highest BCUT2D eigenvalue weighted by Gasteiger charge is 2.24. The summed E-state index contributed by atoms with van der Waals surface area (Å²) in [7, 11) is 1.76. The van der Waals surface area contributed by atoms with E-state index in [1.54, 1.807) is 18.5 Å². The van der Waals surface area contributed by atoms with Gasteiger partial charge < -0.3 is 4.57 Å². The molecule has 0 atom stereocenters. The van der Waals surface area contributed by atoms with Crippen LogP contribution in [-0.4, -0.2) is 29.7 Å². The fourth-order valence-corrected chi connectivity index (χ4v) is 2.42. The Balaban J connectivity index is 2.51. The Bertz CT molecular complexity index is 670. The van der Waals surface area contributed by atoms with Crippen molar-refractivity contribution in [3.63, 3.8) is 0 Å². The minimum absolute atomic E-state index is 0.106. The molecule has 0 saturated heterocycles. The minimum atomic E-state index is -0.527. The first-order chi connectivity index (χ1) is 9.43. The zero-order chi connectivity index (χ0) is 14.9. The van der Waals surface area contributed by atoms with E-state index < -0.39 is 4.92 Å². The molecular weight excluding hydrogens is 284 g/mol. The molecule has 106 valence electrons. The fourth-order valence-electron chi connectivity index (χ4n) is 1.45. The molecule has 2 aromatic heterocycles. The summed E-state index contributed by atoms with van der Waals surface area (Å²) in [4.78, 5) is 18.5. The third kappa shape index (κ3) is 2.53. The van der Waals surface area contributed by atoms with Gasteiger partial charge in [-0.2, -0.15) is 4.98 Å². The molecule has 2 rings (SSSR count). The summed E-state index contributed by atoms with van der Waals surface area (Å²) in [5, 5.41) is 19.6. The van der Waals surface area contributed by atoms with Gasteiger partial charge in [-0.3, -0.25) is 15.5 Å². The van der Waals surface area contributed by atoms with Crippen molar-refractivity contribution in [3.8, 4) is 0 Å². The molecule has 11 heteroatoms. The quantitative estimate of drug-likeness (QED) is 0.358. The molecule has 0 spiro atoms. The number of nitro groups is 1. The number of hydrogen-bond acceptors (Lipinski definition) is 9. The van der Waals surface area contributed by atoms with Gasteiger partial charge in [0.05, 0.1) is 4.92 Å². The lowest BCUT2D eigenvalue weighted by Crippen LogP contribution is -2.13. The lowest BCUT2D eigenvalue weighted by atomic mass is 10.4. The first-order valence-corrected chi connectivity index (χ1v) is 6.29. The second kappa shape index (κ2) is 5.38. The Morgan fingerprint density at radius 1 is 1.35 bits per heavy atom. The molecule has 2 heterocycles. The maximum absolute atomic E-state index is 11.1. The molecule has 0 radical (unpaired) electrons. The van der Waals surface area contributed by atoms with Crippen LogP contribution in [-0.2, 0) is 7.05 Å². The van der Waals surface area contributed by atoms with Gasteiger partial charge in [-0.05, 0) is 25.6 Å². The number of nitrogens with zero attached hydrogens (tertiary/aromatic N) is 6. The highest BCUT2D eigenvalue weighted by atomic mass is 32.2. The minimum Gasteiger partial charge on any atom is -0.309 e. The van der Waals surface area contributed by atoms with Crippen molar-refractivity contribution in [2.24, 2.45) is 12.9 Å². The van der Waals surface area contributed by atoms with E-state index in [0.29, 0.717) is 11.0 Å². The van der Waals surface area contributed by atoms with Gasteiger partial charge in [-0.25, -0.2) is 10.8 Å². The summed E-state index contributed by atoms with van der Waals surface area (Å²) in [5.41, 5.74) is 2.33. The largest absolute Gasteiger partial charge is 0.322 e. The number of nitrogens with one attached hydrogen (secondary N) is 1. The fraction of sp³-hybridized carbons (Fsp3) is 0.333. The lowest BCUT2D eigenvalue weighted by molar-refractivity contribution is -0.389. The van der Waals surface area contributed by atoms with Crippen LogP contribution in [0.5, 0.6) is 0 Å². The Morgan fingerprint density at radius 3 is 2.55 bits per heavy atom. The zero-order valence-electron chi connectivity index (χ0n) is 11.0. The van der Waals surface area contributed by atoms with Gasteiger partial charge in [-0.15, -0.1) is 10.2 Å². The lowest BCUT2D eigenvalue weighted by Gasteiger charge is -2.06. The molecule has 2 aromatic rings. The van der Waals surface area contributed by atoms with Crippen molar-refractivity contribution in [1.29, 1.82) is 0 Å². The van der Waals surface area contributed by atoms with Crippen molar-refractivity contribution in [3.05, 3.63) is 21.6 Å². The molecule has 10 nitrogen and oxygen atoms in total. The molecule has 3 N–H and O–H groups in total. The predicted octanol–water partition coefficient (Wildman–Crippen LogP) is 0.567. The maximum atomic E-state index is 11.1. The van der Waals surface area contributed by atoms with Crippen molar-refractivity contribution >= 4 is 23.4 Å². The van der Waals surface area contributed by atoms with E-state index in [4.69, 9.17) is 5.84 Å². The molecule has 0 amide bonds. The Hall–Kier alpha value is -2.27. The van der Waals surface area contributed by atoms with E-state index in [-0.39, 0.29) is 22.4 Å². The van der Waals surface area contributed by atoms with Crippen molar-refractivity contribution in [2.75, 3.05) is 5.43 Å². The van der Waals surface area contributed by atoms with Gasteiger partial charge in [0, 0.05) is 7.05 Å². The topological polar surface area (TPSA) is 138 Å². The Morgan fingerprint density at radius 2 is 2.05 bits per heavy atom. The molecule has 0 unspecified atom stereocenters. The standard InChI is InChI=1S/C9H12N8O2S/c1-4-6(17(18)19)7(12-8(11-4)13-10)20-9-15-14-5(2)16(9)3/h10H2,1-3H3,(H,11,12,13). The SMILES string of the molecule is Cc1nc(NN)nc(Sc2nnc(C)n2C)c1[N+](=O)[O-]. The molecular formula is C9H12N8O2S. The first-order valence-electron chi connectivity index (χ1n) is 5.47. The third-order valence-electron chi connectivity index (χ3n) is 2.58. The van der Waals surface area contributed by atoms with Gasteiger partial charge in [0.2, 0.25) is 5.95 Å². The van der Waals surface area contributed by atoms with E-state index in [0.717, 1.165) is 11.8 Å². The van der Waals surface area contributed by atoms with Gasteiger partial charge in [0.25, 0.3) is 0 Å². The molecule has 20 heavy (non-hydrogen) atoms. The average Bonchev–Trinajstić information content (AvgIpc) is 2.69. The number of aryl methyl sites for hydroxylation is 2. The average molecular weight is 296 g/mol. The van der Waals surface area contributed by atoms with E-state index in [1.807, 2.05) is 0 Å². The Labute approximate surface area is 117 Å². The number of rotatable bonds is 4. The molecule has 0 saturated carbocycles. The monoisotopic (exact) mass is 296 g/mol. The Kier molecular flexibility index (Phi) is 3.81. The predicted molar refractivity (Wildman–Crippen MR) is 71.1 cm³/mol. The summed E-state index contributed by atoms with van der Waals surface area (Å²) in [6.07, 6.45) is 0. The summed E-state index contributed by atoms with van der Waals surface area (Å²) in [6.45, 7) is 3.30. The van der Waals surface area contributed by atoms with E-state index >= 15 is 0 Å². The molecule has 0 fully saturated rings. The van der Waals surface area contributed by atoms with Gasteiger partial charge in [-0.1, -0.05) is 0 Å². The van der Waals surface area contributed by atoms with Crippen LogP contribution in [0.2, 0.25) is 0 Å². The highest BCUT2D eigenvalue weighted by molar-refractivity contribution is 7.99. The maximum Gasteiger partial charge on any atom is 0.322 e. The van der Waals surface area contributed by atoms with Gasteiger partial charge in [0.1, 0.15) is 11.5 Å². The van der Waals surface area contributed by atoms with Crippen LogP contribution >= 0.6 is 11.8 Å². The first kappa shape index (κ1) is 14.1. The summed E-state index contributed by atoms with van der Waals surface area (Å²) < 4.78 is 1.71. The molecule has 0 aliphatic heterocycles. The number of nitrogen functional groups attached to an aromatic ring is 1. The van der Waals surface area contributed by atoms with Crippen LogP contribution in [0.4, 0.5) is 11.6 Å². The normalized spacial score (nSPS) is 10.6. The van der Waals surface area contributed by atoms with Crippen LogP contribution in [0.15, 0.2) is 10.2 Å². The van der Waals surface area contributed by atoms with Crippen LogP contribution < -0.4 is 11.3 Å². The second-order valence-electron chi connectivity index (χ2n) is 3.88. The second-order valence-corrected chi connectivity index (χ2v) is 4.83. The summed E-state index contributed by atoms with van der Waals surface area (Å²) >= 11 is 1.03. The number of nitrogens with two attached hydrogens (primary N) is 1. The summed E-state index contributed by atoms with van der Waals surface area (Å²) in [6, 6.07) is 0. The van der Waals surface area contributed by atoms with E-state index in [1.165, 1.54) is 6.92 Å². The number of anilines is 1. The van der Waals surface area contributed by atoms with Crippen molar-refractivity contribution < 1.29 is 4.92 Å². The van der Waals surface area contributed by atoms with Gasteiger partial charge >= 0.3 is 5.69 Å². The third-order valence-corrected chi connectivity index (χ3v) is 3.59.